The van der Waals surface area contributed by atoms with Crippen LogP contribution < -0.4 is 5.73 Å². The molecule has 3 rings (SSSR count). The number of fused-ring (bicyclic) bond motifs is 1. The van der Waals surface area contributed by atoms with E-state index in [0.717, 1.165) is 26.7 Å². The standard InChI is InChI=1S/C12H13N6S/c1-4-18-12-8(11(13)14-5-15-12)9(17-18)10-6(2)16-7(3)19-10/h5H,1,4H2,2-3H3,(H2,13,14,15). The summed E-state index contributed by atoms with van der Waals surface area (Å²) in [6, 6.07) is 0. The van der Waals surface area contributed by atoms with Crippen LogP contribution in [0, 0.1) is 20.8 Å². The number of nitrogen functional groups attached to an aromatic ring is 1. The van der Waals surface area contributed by atoms with Crippen molar-refractivity contribution < 1.29 is 0 Å². The SMILES string of the molecule is [CH2]Cn1nc(-c2sc(C)nc2C)c2c(N)ncnc21. The molecule has 0 fully saturated rings. The van der Waals surface area contributed by atoms with Crippen LogP contribution in [0.3, 0.4) is 0 Å². The number of aromatic nitrogens is 5. The Labute approximate surface area is 114 Å². The normalized spacial score (nSPS) is 11.3. The Morgan fingerprint density at radius 1 is 1.37 bits per heavy atom. The molecule has 0 spiro atoms. The second-order valence-electron chi connectivity index (χ2n) is 4.18. The zero-order valence-electron chi connectivity index (χ0n) is 10.7. The maximum absolute atomic E-state index is 5.98. The van der Waals surface area contributed by atoms with E-state index in [1.165, 1.54) is 6.33 Å². The molecular weight excluding hydrogens is 260 g/mol. The summed E-state index contributed by atoms with van der Waals surface area (Å²) < 4.78 is 1.73. The van der Waals surface area contributed by atoms with Gasteiger partial charge in [-0.25, -0.2) is 19.6 Å². The second kappa shape index (κ2) is 4.27. The molecule has 0 unspecified atom stereocenters. The van der Waals surface area contributed by atoms with E-state index in [0.29, 0.717) is 18.0 Å². The van der Waals surface area contributed by atoms with Crippen molar-refractivity contribution in [2.45, 2.75) is 20.4 Å². The van der Waals surface area contributed by atoms with Gasteiger partial charge in [0.1, 0.15) is 17.8 Å². The fraction of sp³-hybridized carbons (Fsp3) is 0.250. The first-order valence-electron chi connectivity index (χ1n) is 5.82. The van der Waals surface area contributed by atoms with E-state index in [1.807, 2.05) is 13.8 Å². The highest BCUT2D eigenvalue weighted by Gasteiger charge is 2.19. The van der Waals surface area contributed by atoms with Crippen LogP contribution in [0.15, 0.2) is 6.33 Å². The predicted molar refractivity (Wildman–Crippen MR) is 75.7 cm³/mol. The van der Waals surface area contributed by atoms with Crippen LogP contribution in [-0.4, -0.2) is 24.7 Å². The smallest absolute Gasteiger partial charge is 0.163 e. The van der Waals surface area contributed by atoms with E-state index in [-0.39, 0.29) is 0 Å². The van der Waals surface area contributed by atoms with Gasteiger partial charge in [-0.1, -0.05) is 0 Å². The number of thiazole rings is 1. The molecule has 3 heterocycles. The lowest BCUT2D eigenvalue weighted by Gasteiger charge is -1.97. The van der Waals surface area contributed by atoms with Gasteiger partial charge in [-0.2, -0.15) is 5.10 Å². The monoisotopic (exact) mass is 273 g/mol. The molecule has 2 N–H and O–H groups in total. The van der Waals surface area contributed by atoms with Crippen molar-refractivity contribution in [1.82, 2.24) is 24.7 Å². The maximum Gasteiger partial charge on any atom is 0.163 e. The third kappa shape index (κ3) is 1.77. The zero-order valence-corrected chi connectivity index (χ0v) is 11.5. The van der Waals surface area contributed by atoms with Crippen molar-refractivity contribution in [3.05, 3.63) is 24.0 Å². The molecule has 0 atom stereocenters. The van der Waals surface area contributed by atoms with Gasteiger partial charge in [0.05, 0.1) is 21.0 Å². The molecule has 7 heteroatoms. The predicted octanol–water partition coefficient (Wildman–Crippen LogP) is 1.98. The van der Waals surface area contributed by atoms with Gasteiger partial charge in [0.2, 0.25) is 0 Å². The lowest BCUT2D eigenvalue weighted by molar-refractivity contribution is 0.720. The van der Waals surface area contributed by atoms with E-state index in [4.69, 9.17) is 5.73 Å². The summed E-state index contributed by atoms with van der Waals surface area (Å²) >= 11 is 1.60. The summed E-state index contributed by atoms with van der Waals surface area (Å²) in [5.74, 6) is 0.435. The first-order valence-corrected chi connectivity index (χ1v) is 6.64. The molecule has 3 aromatic heterocycles. The molecule has 0 amide bonds. The van der Waals surface area contributed by atoms with Gasteiger partial charge in [-0.15, -0.1) is 11.3 Å². The highest BCUT2D eigenvalue weighted by Crippen LogP contribution is 2.35. The fourth-order valence-corrected chi connectivity index (χ4v) is 3.01. The molecule has 19 heavy (non-hydrogen) atoms. The first kappa shape index (κ1) is 12.0. The Hall–Kier alpha value is -2.02. The molecule has 0 aliphatic rings. The third-order valence-corrected chi connectivity index (χ3v) is 3.97. The molecule has 97 valence electrons. The van der Waals surface area contributed by atoms with Crippen molar-refractivity contribution in [2.75, 3.05) is 5.73 Å². The van der Waals surface area contributed by atoms with Gasteiger partial charge in [0.15, 0.2) is 5.65 Å². The van der Waals surface area contributed by atoms with Gasteiger partial charge in [-0.3, -0.25) is 0 Å². The topological polar surface area (TPSA) is 82.5 Å². The number of rotatable bonds is 2. The number of nitrogens with zero attached hydrogens (tertiary/aromatic N) is 5. The summed E-state index contributed by atoms with van der Waals surface area (Å²) in [7, 11) is 0. The van der Waals surface area contributed by atoms with Crippen molar-refractivity contribution >= 4 is 28.2 Å². The minimum atomic E-state index is 0.435. The maximum atomic E-state index is 5.98. The summed E-state index contributed by atoms with van der Waals surface area (Å²) in [6.07, 6.45) is 1.44. The molecule has 0 aromatic carbocycles. The lowest BCUT2D eigenvalue weighted by Crippen LogP contribution is -1.98. The van der Waals surface area contributed by atoms with Gasteiger partial charge in [-0.05, 0) is 20.8 Å². The first-order chi connectivity index (χ1) is 9.11. The number of aryl methyl sites for hydroxylation is 2. The van der Waals surface area contributed by atoms with Gasteiger partial charge >= 0.3 is 0 Å². The van der Waals surface area contributed by atoms with Crippen LogP contribution in [0.1, 0.15) is 10.7 Å². The molecule has 0 aliphatic carbocycles. The number of hydrogen-bond acceptors (Lipinski definition) is 6. The van der Waals surface area contributed by atoms with Crippen LogP contribution in [0.25, 0.3) is 21.6 Å². The fourth-order valence-electron chi connectivity index (χ4n) is 2.10. The molecule has 0 saturated carbocycles. The van der Waals surface area contributed by atoms with Crippen LogP contribution in [0.5, 0.6) is 0 Å². The number of nitrogens with two attached hydrogens (primary N) is 1. The van der Waals surface area contributed by atoms with E-state index >= 15 is 0 Å². The summed E-state index contributed by atoms with van der Waals surface area (Å²) in [5, 5.41) is 6.33. The van der Waals surface area contributed by atoms with E-state index in [9.17, 15) is 0 Å². The Balaban J connectivity index is 2.38. The largest absolute Gasteiger partial charge is 0.383 e. The van der Waals surface area contributed by atoms with Gasteiger partial charge < -0.3 is 5.73 Å². The van der Waals surface area contributed by atoms with Crippen LogP contribution in [0.2, 0.25) is 0 Å². The Morgan fingerprint density at radius 3 is 2.79 bits per heavy atom. The third-order valence-electron chi connectivity index (χ3n) is 2.89. The zero-order chi connectivity index (χ0) is 13.6. The summed E-state index contributed by atoms with van der Waals surface area (Å²) in [4.78, 5) is 13.7. The Kier molecular flexibility index (Phi) is 2.70. The second-order valence-corrected chi connectivity index (χ2v) is 5.38. The van der Waals surface area contributed by atoms with Crippen LogP contribution in [-0.2, 0) is 6.54 Å². The Bertz CT molecular complexity index is 757. The molecular formula is C12H13N6S. The number of anilines is 1. The Morgan fingerprint density at radius 2 is 2.16 bits per heavy atom. The van der Waals surface area contributed by atoms with Crippen molar-refractivity contribution in [2.24, 2.45) is 0 Å². The quantitative estimate of drug-likeness (QED) is 0.772. The van der Waals surface area contributed by atoms with E-state index in [1.54, 1.807) is 16.0 Å². The lowest BCUT2D eigenvalue weighted by atomic mass is 10.2. The van der Waals surface area contributed by atoms with Gasteiger partial charge in [0, 0.05) is 6.54 Å². The van der Waals surface area contributed by atoms with Crippen molar-refractivity contribution in [3.63, 3.8) is 0 Å². The number of hydrogen-bond donors (Lipinski definition) is 1. The summed E-state index contributed by atoms with van der Waals surface area (Å²) in [5.41, 5.74) is 8.43. The summed E-state index contributed by atoms with van der Waals surface area (Å²) in [6.45, 7) is 8.29. The minimum absolute atomic E-state index is 0.435. The van der Waals surface area contributed by atoms with Crippen molar-refractivity contribution in [1.29, 1.82) is 0 Å². The molecule has 0 saturated heterocycles. The average molecular weight is 273 g/mol. The van der Waals surface area contributed by atoms with Gasteiger partial charge in [0.25, 0.3) is 0 Å². The minimum Gasteiger partial charge on any atom is -0.383 e. The van der Waals surface area contributed by atoms with Crippen LogP contribution >= 0.6 is 11.3 Å². The molecule has 0 aliphatic heterocycles. The average Bonchev–Trinajstić information content (AvgIpc) is 2.90. The van der Waals surface area contributed by atoms with E-state index < -0.39 is 0 Å². The molecule has 0 bridgehead atoms. The molecule has 1 radical (unpaired) electrons. The highest BCUT2D eigenvalue weighted by atomic mass is 32.1. The van der Waals surface area contributed by atoms with E-state index in [2.05, 4.69) is 27.0 Å². The van der Waals surface area contributed by atoms with Crippen molar-refractivity contribution in [3.8, 4) is 10.6 Å². The molecule has 6 nitrogen and oxygen atoms in total. The van der Waals surface area contributed by atoms with Crippen LogP contribution in [0.4, 0.5) is 5.82 Å². The molecule has 3 aromatic rings. The highest BCUT2D eigenvalue weighted by molar-refractivity contribution is 7.15.